The molecule has 0 saturated heterocycles. The van der Waals surface area contributed by atoms with Crippen LogP contribution in [0.3, 0.4) is 0 Å². The average molecular weight is 342 g/mol. The van der Waals surface area contributed by atoms with Gasteiger partial charge in [-0.15, -0.1) is 0 Å². The van der Waals surface area contributed by atoms with Crippen LogP contribution in [0.15, 0.2) is 23.1 Å². The third-order valence-electron chi connectivity index (χ3n) is 2.10. The molecule has 0 atom stereocenters. The monoisotopic (exact) mass is 341 g/mol. The Kier molecular flexibility index (Phi) is 5.00. The summed E-state index contributed by atoms with van der Waals surface area (Å²) < 4.78 is 49.5. The molecule has 0 spiro atoms. The second-order valence-corrected chi connectivity index (χ2v) is 8.60. The number of carbonyl (C=O) groups is 1. The molecule has 112 valence electrons. The van der Waals surface area contributed by atoms with Crippen LogP contribution in [0.25, 0.3) is 0 Å². The van der Waals surface area contributed by atoms with Gasteiger partial charge in [0.05, 0.1) is 7.11 Å². The smallest absolute Gasteiger partial charge is 0.265 e. The minimum Gasteiger partial charge on any atom is -0.495 e. The largest absolute Gasteiger partial charge is 0.495 e. The number of sulfone groups is 1. The van der Waals surface area contributed by atoms with Crippen molar-refractivity contribution in [3.8, 4) is 5.75 Å². The van der Waals surface area contributed by atoms with Crippen molar-refractivity contribution in [3.63, 3.8) is 0 Å². The molecule has 0 aromatic heterocycles. The molecule has 7 nitrogen and oxygen atoms in total. The Hall–Kier alpha value is -1.32. The zero-order chi connectivity index (χ0) is 15.6. The first-order valence-corrected chi connectivity index (χ1v) is 9.50. The fraction of sp³-hybridized carbons (Fsp3) is 0.300. The molecule has 1 rings (SSSR count). The lowest BCUT2D eigenvalue weighted by molar-refractivity contribution is -0.113. The zero-order valence-corrected chi connectivity index (χ0v) is 13.0. The predicted molar refractivity (Wildman–Crippen MR) is 74.4 cm³/mol. The van der Waals surface area contributed by atoms with Crippen LogP contribution in [-0.2, 0) is 23.7 Å². The van der Waals surface area contributed by atoms with Gasteiger partial charge in [-0.1, -0.05) is 0 Å². The highest BCUT2D eigenvalue weighted by molar-refractivity contribution is 8.13. The van der Waals surface area contributed by atoms with Gasteiger partial charge in [0.2, 0.25) is 5.91 Å². The summed E-state index contributed by atoms with van der Waals surface area (Å²) in [5, 5.41) is 2.27. The molecule has 0 fully saturated rings. The van der Waals surface area contributed by atoms with Crippen LogP contribution in [0.5, 0.6) is 5.75 Å². The van der Waals surface area contributed by atoms with E-state index in [2.05, 4.69) is 5.32 Å². The number of anilines is 1. The minimum absolute atomic E-state index is 0.0149. The number of amides is 1. The summed E-state index contributed by atoms with van der Waals surface area (Å²) in [4.78, 5) is 11.1. The van der Waals surface area contributed by atoms with Crippen LogP contribution in [0.2, 0.25) is 0 Å². The van der Waals surface area contributed by atoms with Crippen LogP contribution in [0.4, 0.5) is 5.69 Å². The molecular formula is C10H12ClNO6S2. The van der Waals surface area contributed by atoms with Gasteiger partial charge in [0, 0.05) is 22.6 Å². The maximum absolute atomic E-state index is 11.4. The number of ether oxygens (including phenoxy) is 1. The topological polar surface area (TPSA) is 107 Å². The molecule has 0 unspecified atom stereocenters. The number of nitrogens with one attached hydrogen (secondary N) is 1. The van der Waals surface area contributed by atoms with Gasteiger partial charge in [-0.3, -0.25) is 4.79 Å². The Morgan fingerprint density at radius 3 is 2.35 bits per heavy atom. The van der Waals surface area contributed by atoms with Crippen molar-refractivity contribution in [1.82, 2.24) is 0 Å². The molecule has 0 radical (unpaired) electrons. The highest BCUT2D eigenvalue weighted by atomic mass is 35.7. The van der Waals surface area contributed by atoms with Gasteiger partial charge in [0.25, 0.3) is 9.05 Å². The van der Waals surface area contributed by atoms with E-state index in [9.17, 15) is 21.6 Å². The number of methoxy groups -OCH3 is 1. The average Bonchev–Trinajstić information content (AvgIpc) is 2.25. The van der Waals surface area contributed by atoms with Gasteiger partial charge in [-0.2, -0.15) is 0 Å². The number of rotatable bonds is 5. The summed E-state index contributed by atoms with van der Waals surface area (Å²) in [7, 11) is -1.03. The lowest BCUT2D eigenvalue weighted by Crippen LogP contribution is -2.22. The number of halogens is 1. The molecule has 0 saturated carbocycles. The van der Waals surface area contributed by atoms with Crippen molar-refractivity contribution in [2.45, 2.75) is 4.90 Å². The van der Waals surface area contributed by atoms with Crippen LogP contribution < -0.4 is 10.1 Å². The van der Waals surface area contributed by atoms with Crippen LogP contribution in [0, 0.1) is 0 Å². The van der Waals surface area contributed by atoms with Crippen LogP contribution in [-0.4, -0.2) is 41.9 Å². The molecular weight excluding hydrogens is 330 g/mol. The summed E-state index contributed by atoms with van der Waals surface area (Å²) in [5.41, 5.74) is 0.0960. The summed E-state index contributed by atoms with van der Waals surface area (Å²) in [6.45, 7) is 0. The van der Waals surface area contributed by atoms with Crippen LogP contribution in [0.1, 0.15) is 0 Å². The zero-order valence-electron chi connectivity index (χ0n) is 10.6. The van der Waals surface area contributed by atoms with E-state index >= 15 is 0 Å². The first-order valence-electron chi connectivity index (χ1n) is 5.13. The Labute approximate surface area is 121 Å². The van der Waals surface area contributed by atoms with Gasteiger partial charge in [-0.05, 0) is 18.2 Å². The highest BCUT2D eigenvalue weighted by Crippen LogP contribution is 2.29. The van der Waals surface area contributed by atoms with E-state index in [1.54, 1.807) is 0 Å². The standard InChI is InChI=1S/C10H12ClNO6S2/c1-18-8-4-3-7(5-9(8)20(11,16)17)12-10(13)6-19(2,14)15/h3-5H,6H2,1-2H3,(H,12,13). The van der Waals surface area contributed by atoms with Gasteiger partial charge < -0.3 is 10.1 Å². The molecule has 1 aromatic carbocycles. The molecule has 0 aliphatic heterocycles. The van der Waals surface area contributed by atoms with E-state index in [1.807, 2.05) is 0 Å². The molecule has 0 bridgehead atoms. The Balaban J connectivity index is 3.08. The number of carbonyl (C=O) groups excluding carboxylic acids is 1. The van der Waals surface area contributed by atoms with Crippen molar-refractivity contribution < 1.29 is 26.4 Å². The quantitative estimate of drug-likeness (QED) is 0.786. The fourth-order valence-corrected chi connectivity index (χ4v) is 2.95. The summed E-state index contributed by atoms with van der Waals surface area (Å²) >= 11 is 0. The van der Waals surface area contributed by atoms with Gasteiger partial charge >= 0.3 is 0 Å². The lowest BCUT2D eigenvalue weighted by atomic mass is 10.3. The number of hydrogen-bond donors (Lipinski definition) is 1. The van der Waals surface area contributed by atoms with Gasteiger partial charge in [-0.25, -0.2) is 16.8 Å². The van der Waals surface area contributed by atoms with E-state index in [1.165, 1.54) is 19.2 Å². The van der Waals surface area contributed by atoms with Crippen LogP contribution >= 0.6 is 10.7 Å². The maximum atomic E-state index is 11.4. The summed E-state index contributed by atoms with van der Waals surface area (Å²) in [5.74, 6) is -1.47. The Bertz CT molecular complexity index is 726. The molecule has 20 heavy (non-hydrogen) atoms. The first kappa shape index (κ1) is 16.7. The molecule has 0 aliphatic rings. The molecule has 1 N–H and O–H groups in total. The minimum atomic E-state index is -4.06. The molecule has 0 heterocycles. The number of benzene rings is 1. The van der Waals surface area contributed by atoms with Crippen molar-refractivity contribution in [2.24, 2.45) is 0 Å². The van der Waals surface area contributed by atoms with Crippen molar-refractivity contribution in [1.29, 1.82) is 0 Å². The third-order valence-corrected chi connectivity index (χ3v) is 4.23. The fourth-order valence-electron chi connectivity index (χ4n) is 1.38. The second-order valence-electron chi connectivity index (χ2n) is 3.92. The van der Waals surface area contributed by atoms with E-state index in [0.717, 1.165) is 12.3 Å². The van der Waals surface area contributed by atoms with E-state index in [0.29, 0.717) is 0 Å². The summed E-state index contributed by atoms with van der Waals surface area (Å²) in [6.07, 6.45) is 0.912. The molecule has 10 heteroatoms. The highest BCUT2D eigenvalue weighted by Gasteiger charge is 2.18. The van der Waals surface area contributed by atoms with Gasteiger partial charge in [0.15, 0.2) is 9.84 Å². The molecule has 1 aromatic rings. The third kappa shape index (κ3) is 4.99. The molecule has 0 aliphatic carbocycles. The van der Waals surface area contributed by atoms with E-state index in [-0.39, 0.29) is 16.3 Å². The molecule has 1 amide bonds. The predicted octanol–water partition coefficient (Wildman–Crippen LogP) is 0.606. The maximum Gasteiger partial charge on any atom is 0.265 e. The lowest BCUT2D eigenvalue weighted by Gasteiger charge is -2.09. The van der Waals surface area contributed by atoms with Crippen molar-refractivity contribution in [3.05, 3.63) is 18.2 Å². The Morgan fingerprint density at radius 1 is 1.30 bits per heavy atom. The first-order chi connectivity index (χ1) is 9.03. The van der Waals surface area contributed by atoms with Gasteiger partial charge in [0.1, 0.15) is 16.4 Å². The van der Waals surface area contributed by atoms with Crippen molar-refractivity contribution in [2.75, 3.05) is 24.4 Å². The summed E-state index contributed by atoms with van der Waals surface area (Å²) in [6, 6.07) is 3.75. The second kappa shape index (κ2) is 5.98. The number of hydrogen-bond acceptors (Lipinski definition) is 6. The van der Waals surface area contributed by atoms with Crippen molar-refractivity contribution >= 4 is 41.2 Å². The Morgan fingerprint density at radius 2 is 1.90 bits per heavy atom. The normalized spacial score (nSPS) is 11.9. The SMILES string of the molecule is COc1ccc(NC(=O)CS(C)(=O)=O)cc1S(=O)(=O)Cl. The van der Waals surface area contributed by atoms with E-state index < -0.39 is 30.5 Å². The van der Waals surface area contributed by atoms with E-state index in [4.69, 9.17) is 15.4 Å².